The van der Waals surface area contributed by atoms with Gasteiger partial charge in [-0.15, -0.1) is 0 Å². The van der Waals surface area contributed by atoms with Crippen molar-refractivity contribution in [2.45, 2.75) is 27.2 Å². The second-order valence-corrected chi connectivity index (χ2v) is 3.14. The monoisotopic (exact) mass is 192 g/mol. The fraction of sp³-hybridized carbons (Fsp3) is 0.417. The van der Waals surface area contributed by atoms with Crippen molar-refractivity contribution in [3.8, 4) is 0 Å². The van der Waals surface area contributed by atoms with Crippen LogP contribution in [0.3, 0.4) is 0 Å². The summed E-state index contributed by atoms with van der Waals surface area (Å²) in [5.74, 6) is 0. The van der Waals surface area contributed by atoms with E-state index in [-0.39, 0.29) is 0 Å². The van der Waals surface area contributed by atoms with Crippen molar-refractivity contribution >= 4 is 18.1 Å². The highest BCUT2D eigenvalue weighted by molar-refractivity contribution is 5.68. The first kappa shape index (κ1) is 12.7. The molecule has 0 aliphatic rings. The van der Waals surface area contributed by atoms with E-state index < -0.39 is 0 Å². The minimum Gasteiger partial charge on any atom is -0.386 e. The second kappa shape index (κ2) is 7.13. The predicted octanol–water partition coefficient (Wildman–Crippen LogP) is 3.79. The van der Waals surface area contributed by atoms with Crippen LogP contribution >= 0.6 is 0 Å². The Morgan fingerprint density at radius 1 is 1.36 bits per heavy atom. The second-order valence-electron chi connectivity index (χ2n) is 3.14. The molecule has 14 heavy (non-hydrogen) atoms. The minimum atomic E-state index is 0.910. The highest BCUT2D eigenvalue weighted by atomic mass is 14.9. The van der Waals surface area contributed by atoms with Gasteiger partial charge >= 0.3 is 0 Å². The number of rotatable bonds is 2. The Hall–Kier alpha value is -1.31. The number of aliphatic imine (C=N–C) groups is 1. The number of nitrogens with one attached hydrogen (secondary N) is 1. The smallest absolute Gasteiger partial charge is 0.0856 e. The molecule has 0 aliphatic heterocycles. The fourth-order valence-corrected chi connectivity index (χ4v) is 0.984. The van der Waals surface area contributed by atoms with E-state index in [4.69, 9.17) is 0 Å². The lowest BCUT2D eigenvalue weighted by molar-refractivity contribution is 1.09. The van der Waals surface area contributed by atoms with Gasteiger partial charge in [0.25, 0.3) is 0 Å². The van der Waals surface area contributed by atoms with Crippen LogP contribution in [0.5, 0.6) is 0 Å². The summed E-state index contributed by atoms with van der Waals surface area (Å²) in [5.41, 5.74) is 3.13. The van der Waals surface area contributed by atoms with Gasteiger partial charge in [0.15, 0.2) is 0 Å². The van der Waals surface area contributed by atoms with E-state index in [1.54, 1.807) is 0 Å². The van der Waals surface area contributed by atoms with E-state index in [0.717, 1.165) is 11.4 Å². The molecule has 0 spiro atoms. The Morgan fingerprint density at radius 2 is 1.93 bits per heavy atom. The quantitative estimate of drug-likeness (QED) is 0.708. The number of benzene rings is 1. The molecule has 1 aromatic carbocycles. The van der Waals surface area contributed by atoms with Crippen LogP contribution in [0.4, 0.5) is 11.4 Å². The normalized spacial score (nSPS) is 8.57. The van der Waals surface area contributed by atoms with Crippen molar-refractivity contribution in [2.24, 2.45) is 4.99 Å². The van der Waals surface area contributed by atoms with Gasteiger partial charge in [-0.25, -0.2) is 0 Å². The van der Waals surface area contributed by atoms with Crippen LogP contribution in [0.2, 0.25) is 0 Å². The zero-order chi connectivity index (χ0) is 11.0. The van der Waals surface area contributed by atoms with Gasteiger partial charge in [-0.3, -0.25) is 4.99 Å². The highest BCUT2D eigenvalue weighted by Crippen LogP contribution is 2.24. The molecule has 2 nitrogen and oxygen atoms in total. The van der Waals surface area contributed by atoms with Crippen molar-refractivity contribution in [1.82, 2.24) is 0 Å². The zero-order valence-corrected chi connectivity index (χ0v) is 9.59. The molecule has 0 unspecified atom stereocenters. The van der Waals surface area contributed by atoms with Crippen LogP contribution < -0.4 is 5.32 Å². The summed E-state index contributed by atoms with van der Waals surface area (Å²) in [6.45, 7) is 9.78. The summed E-state index contributed by atoms with van der Waals surface area (Å²) < 4.78 is 0. The molecule has 0 amide bonds. The van der Waals surface area contributed by atoms with Crippen LogP contribution in [0.25, 0.3) is 0 Å². The third-order valence-corrected chi connectivity index (χ3v) is 1.59. The van der Waals surface area contributed by atoms with E-state index in [2.05, 4.69) is 30.9 Å². The first-order valence-corrected chi connectivity index (χ1v) is 4.94. The van der Waals surface area contributed by atoms with Gasteiger partial charge in [-0.2, -0.15) is 0 Å². The molecule has 0 saturated heterocycles. The molecule has 1 N–H and O–H groups in total. The first-order valence-electron chi connectivity index (χ1n) is 4.94. The predicted molar refractivity (Wildman–Crippen MR) is 65.9 cm³/mol. The summed E-state index contributed by atoms with van der Waals surface area (Å²) in [4.78, 5) is 3.89. The van der Waals surface area contributed by atoms with Crippen molar-refractivity contribution in [2.75, 3.05) is 12.4 Å². The molecule has 78 valence electrons. The van der Waals surface area contributed by atoms with Gasteiger partial charge in [-0.05, 0) is 31.3 Å². The van der Waals surface area contributed by atoms with Crippen molar-refractivity contribution in [1.29, 1.82) is 0 Å². The van der Waals surface area contributed by atoms with Gasteiger partial charge in [0.2, 0.25) is 0 Å². The number of nitrogens with zero attached hydrogens (tertiary/aromatic N) is 1. The molecule has 1 rings (SSSR count). The van der Waals surface area contributed by atoms with Crippen molar-refractivity contribution in [3.63, 3.8) is 0 Å². The molecule has 1 aromatic rings. The van der Waals surface area contributed by atoms with E-state index >= 15 is 0 Å². The third-order valence-electron chi connectivity index (χ3n) is 1.59. The topological polar surface area (TPSA) is 24.4 Å². The maximum absolute atomic E-state index is 3.89. The first-order chi connectivity index (χ1) is 6.69. The highest BCUT2D eigenvalue weighted by Gasteiger charge is 1.96. The van der Waals surface area contributed by atoms with Crippen LogP contribution in [-0.2, 0) is 0 Å². The molecule has 0 atom stereocenters. The Bertz CT molecular complexity index is 280. The molecule has 0 aromatic heterocycles. The Balaban J connectivity index is 0.000000500. The maximum atomic E-state index is 3.89. The van der Waals surface area contributed by atoms with Gasteiger partial charge in [0.1, 0.15) is 0 Å². The van der Waals surface area contributed by atoms with E-state index in [0.29, 0.717) is 0 Å². The molecule has 0 aliphatic carbocycles. The standard InChI is InChI=1S/C9H12N2.C3H8/c1-7-4-5-8(10-2)9(6-7)11-3;1-3-2/h4-6,10H,3H2,1-2H3;3H2,1-2H3. The summed E-state index contributed by atoms with van der Waals surface area (Å²) in [7, 11) is 1.87. The SMILES string of the molecule is C=Nc1cc(C)ccc1NC.CCC. The van der Waals surface area contributed by atoms with Crippen LogP contribution in [-0.4, -0.2) is 13.8 Å². The zero-order valence-electron chi connectivity index (χ0n) is 9.59. The Kier molecular flexibility index (Phi) is 6.46. The largest absolute Gasteiger partial charge is 0.386 e. The number of hydrogen-bond acceptors (Lipinski definition) is 2. The van der Waals surface area contributed by atoms with Crippen molar-refractivity contribution in [3.05, 3.63) is 23.8 Å². The molecule has 0 heterocycles. The molecule has 0 fully saturated rings. The van der Waals surface area contributed by atoms with Crippen LogP contribution in [0, 0.1) is 6.92 Å². The number of hydrogen-bond donors (Lipinski definition) is 1. The maximum Gasteiger partial charge on any atom is 0.0856 e. The lowest BCUT2D eigenvalue weighted by Crippen LogP contribution is -1.87. The molecule has 0 bridgehead atoms. The molecule has 2 heteroatoms. The van der Waals surface area contributed by atoms with E-state index in [9.17, 15) is 0 Å². The van der Waals surface area contributed by atoms with E-state index in [1.807, 2.05) is 32.2 Å². The Morgan fingerprint density at radius 3 is 2.36 bits per heavy atom. The average Bonchev–Trinajstić information content (AvgIpc) is 2.19. The lowest BCUT2D eigenvalue weighted by atomic mass is 10.2. The number of anilines is 1. The lowest BCUT2D eigenvalue weighted by Gasteiger charge is -2.04. The van der Waals surface area contributed by atoms with Gasteiger partial charge < -0.3 is 5.32 Å². The molecule has 0 saturated carbocycles. The fourth-order valence-electron chi connectivity index (χ4n) is 0.984. The molecule has 0 radical (unpaired) electrons. The third kappa shape index (κ3) is 4.08. The molecular formula is C12H20N2. The molecular weight excluding hydrogens is 172 g/mol. The average molecular weight is 192 g/mol. The number of aryl methyl sites for hydroxylation is 1. The summed E-state index contributed by atoms with van der Waals surface area (Å²) in [6, 6.07) is 6.04. The van der Waals surface area contributed by atoms with Crippen molar-refractivity contribution < 1.29 is 0 Å². The Labute approximate surface area is 87.1 Å². The van der Waals surface area contributed by atoms with Crippen LogP contribution in [0.15, 0.2) is 23.2 Å². The summed E-state index contributed by atoms with van der Waals surface area (Å²) in [6.07, 6.45) is 1.25. The minimum absolute atomic E-state index is 0.910. The summed E-state index contributed by atoms with van der Waals surface area (Å²) in [5, 5.41) is 3.04. The van der Waals surface area contributed by atoms with Gasteiger partial charge in [0.05, 0.1) is 11.4 Å². The van der Waals surface area contributed by atoms with Crippen LogP contribution in [0.1, 0.15) is 25.8 Å². The van der Waals surface area contributed by atoms with Gasteiger partial charge in [-0.1, -0.05) is 26.3 Å². The van der Waals surface area contributed by atoms with Gasteiger partial charge in [0, 0.05) is 7.05 Å². The summed E-state index contributed by atoms with van der Waals surface area (Å²) >= 11 is 0. The van der Waals surface area contributed by atoms with E-state index in [1.165, 1.54) is 12.0 Å².